The molecule has 1 saturated heterocycles. The third kappa shape index (κ3) is 2.09. The van der Waals surface area contributed by atoms with Crippen LogP contribution in [0.5, 0.6) is 0 Å². The summed E-state index contributed by atoms with van der Waals surface area (Å²) in [7, 11) is 0. The van der Waals surface area contributed by atoms with Crippen LogP contribution in [0.3, 0.4) is 0 Å². The maximum atomic E-state index is 12.4. The molecule has 1 aromatic carbocycles. The molecule has 0 saturated carbocycles. The molecule has 0 spiro atoms. The third-order valence-corrected chi connectivity index (χ3v) is 4.08. The van der Waals surface area contributed by atoms with Gasteiger partial charge in [-0.3, -0.25) is 4.79 Å². The number of hydrogen-bond acceptors (Lipinski definition) is 2. The van der Waals surface area contributed by atoms with Gasteiger partial charge in [0, 0.05) is 23.6 Å². The predicted octanol–water partition coefficient (Wildman–Crippen LogP) is 3.64. The highest BCUT2D eigenvalue weighted by atomic mass is 35.5. The van der Waals surface area contributed by atoms with Crippen LogP contribution >= 0.6 is 23.6 Å². The average molecular weight is 301 g/mol. The molecule has 1 unspecified atom stereocenters. The first-order chi connectivity index (χ1) is 9.05. The van der Waals surface area contributed by atoms with Gasteiger partial charge in [-0.25, -0.2) is 9.21 Å². The molecule has 1 atom stereocenters. The van der Waals surface area contributed by atoms with Gasteiger partial charge in [-0.15, -0.1) is 0 Å². The highest BCUT2D eigenvalue weighted by molar-refractivity contribution is 6.39. The van der Waals surface area contributed by atoms with E-state index in [1.54, 1.807) is 12.1 Å². The number of carbonyl (C=O) groups is 2. The Hall–Kier alpha value is -1.26. The predicted molar refractivity (Wildman–Crippen MR) is 73.4 cm³/mol. The van der Waals surface area contributed by atoms with Crippen LogP contribution in [0.4, 0.5) is 4.79 Å². The number of hydrogen-bond donors (Lipinski definition) is 0. The third-order valence-electron chi connectivity index (χ3n) is 3.35. The Labute approximate surface area is 122 Å². The molecule has 3 amide bonds. The molecule has 102 valence electrons. The van der Waals surface area contributed by atoms with E-state index >= 15 is 0 Å². The summed E-state index contributed by atoms with van der Waals surface area (Å²) in [4.78, 5) is 24.2. The number of amides is 3. The Morgan fingerprint density at radius 1 is 1.16 bits per heavy atom. The lowest BCUT2D eigenvalue weighted by atomic mass is 9.85. The molecule has 0 radical (unpaired) electrons. The lowest BCUT2D eigenvalue weighted by molar-refractivity contribution is -0.130. The van der Waals surface area contributed by atoms with Crippen LogP contribution in [-0.4, -0.2) is 20.8 Å². The van der Waals surface area contributed by atoms with E-state index in [9.17, 15) is 9.59 Å². The van der Waals surface area contributed by atoms with E-state index in [-0.39, 0.29) is 0 Å². The summed E-state index contributed by atoms with van der Waals surface area (Å²) in [5.41, 5.74) is -0.516. The maximum Gasteiger partial charge on any atom is 0.357 e. The lowest BCUT2D eigenvalue weighted by Gasteiger charge is -2.30. The van der Waals surface area contributed by atoms with Crippen molar-refractivity contribution in [3.63, 3.8) is 0 Å². The van der Waals surface area contributed by atoms with Crippen molar-refractivity contribution in [2.45, 2.75) is 31.7 Å². The van der Waals surface area contributed by atoms with E-state index in [2.05, 4.69) is 0 Å². The number of imide groups is 1. The van der Waals surface area contributed by atoms with E-state index < -0.39 is 17.5 Å². The SMILES string of the molecule is CCCCC1(c2ccccc2)C(=O)N(Cl)C(=O)N1Cl. The minimum absolute atomic E-state index is 0.449. The van der Waals surface area contributed by atoms with Crippen LogP contribution in [0.25, 0.3) is 0 Å². The van der Waals surface area contributed by atoms with Crippen molar-refractivity contribution in [3.8, 4) is 0 Å². The van der Waals surface area contributed by atoms with E-state index in [1.807, 2.05) is 25.1 Å². The molecule has 19 heavy (non-hydrogen) atoms. The van der Waals surface area contributed by atoms with E-state index in [0.29, 0.717) is 16.4 Å². The Morgan fingerprint density at radius 3 is 2.26 bits per heavy atom. The van der Waals surface area contributed by atoms with Crippen molar-refractivity contribution in [3.05, 3.63) is 35.9 Å². The molecule has 4 nitrogen and oxygen atoms in total. The Balaban J connectivity index is 2.52. The van der Waals surface area contributed by atoms with Crippen molar-refractivity contribution < 1.29 is 9.59 Å². The molecule has 0 bridgehead atoms. The van der Waals surface area contributed by atoms with Gasteiger partial charge in [-0.1, -0.05) is 50.1 Å². The second-order valence-electron chi connectivity index (χ2n) is 4.48. The summed E-state index contributed by atoms with van der Waals surface area (Å²) in [6.07, 6.45) is 2.11. The van der Waals surface area contributed by atoms with Gasteiger partial charge in [0.25, 0.3) is 5.91 Å². The van der Waals surface area contributed by atoms with Crippen LogP contribution in [0, 0.1) is 0 Å². The Morgan fingerprint density at radius 2 is 1.79 bits per heavy atom. The Bertz CT molecular complexity index is 495. The van der Waals surface area contributed by atoms with Crippen LogP contribution in [0.15, 0.2) is 30.3 Å². The number of benzene rings is 1. The molecule has 0 aliphatic carbocycles. The van der Waals surface area contributed by atoms with Crippen molar-refractivity contribution >= 4 is 35.5 Å². The van der Waals surface area contributed by atoms with Crippen molar-refractivity contribution in [1.29, 1.82) is 0 Å². The monoisotopic (exact) mass is 300 g/mol. The van der Waals surface area contributed by atoms with Gasteiger partial charge in [-0.05, 0) is 12.0 Å². The minimum atomic E-state index is -1.20. The second kappa shape index (κ2) is 5.39. The molecular weight excluding hydrogens is 287 g/mol. The summed E-state index contributed by atoms with van der Waals surface area (Å²) >= 11 is 11.8. The van der Waals surface area contributed by atoms with Gasteiger partial charge in [0.05, 0.1) is 0 Å². The van der Waals surface area contributed by atoms with Crippen molar-refractivity contribution in [2.24, 2.45) is 0 Å². The summed E-state index contributed by atoms with van der Waals surface area (Å²) in [5, 5.41) is 0. The van der Waals surface area contributed by atoms with Gasteiger partial charge in [0.2, 0.25) is 0 Å². The highest BCUT2D eigenvalue weighted by Gasteiger charge is 2.58. The van der Waals surface area contributed by atoms with E-state index in [1.165, 1.54) is 0 Å². The number of urea groups is 1. The molecule has 1 heterocycles. The topological polar surface area (TPSA) is 40.6 Å². The molecule has 1 fully saturated rings. The summed E-state index contributed by atoms with van der Waals surface area (Å²) in [6.45, 7) is 2.01. The van der Waals surface area contributed by atoms with Gasteiger partial charge in [0.1, 0.15) is 0 Å². The molecule has 0 N–H and O–H groups in total. The van der Waals surface area contributed by atoms with Crippen molar-refractivity contribution in [2.75, 3.05) is 0 Å². The first kappa shape index (κ1) is 14.2. The molecule has 2 rings (SSSR count). The van der Waals surface area contributed by atoms with E-state index in [4.69, 9.17) is 23.6 Å². The molecule has 6 heteroatoms. The average Bonchev–Trinajstić information content (AvgIpc) is 2.61. The van der Waals surface area contributed by atoms with Gasteiger partial charge in [0.15, 0.2) is 5.54 Å². The van der Waals surface area contributed by atoms with Gasteiger partial charge < -0.3 is 0 Å². The van der Waals surface area contributed by atoms with Crippen molar-refractivity contribution in [1.82, 2.24) is 8.84 Å². The second-order valence-corrected chi connectivity index (χ2v) is 5.16. The number of nitrogens with zero attached hydrogens (tertiary/aromatic N) is 2. The summed E-state index contributed by atoms with van der Waals surface area (Å²) in [5.74, 6) is -0.492. The summed E-state index contributed by atoms with van der Waals surface area (Å²) < 4.78 is 1.49. The standard InChI is InChI=1S/C13H14Cl2N2O2/c1-2-3-9-13(10-7-5-4-6-8-10)11(18)16(14)12(19)17(13)15/h4-8H,2-3,9H2,1H3. The van der Waals surface area contributed by atoms with Crippen LogP contribution in [0.2, 0.25) is 0 Å². The quantitative estimate of drug-likeness (QED) is 0.629. The molecule has 1 aliphatic heterocycles. The van der Waals surface area contributed by atoms with E-state index in [0.717, 1.165) is 17.3 Å². The number of unbranched alkanes of at least 4 members (excludes halogenated alkanes) is 1. The van der Waals surface area contributed by atoms with Crippen LogP contribution in [0.1, 0.15) is 31.7 Å². The van der Waals surface area contributed by atoms with Gasteiger partial charge in [-0.2, -0.15) is 4.42 Å². The highest BCUT2D eigenvalue weighted by Crippen LogP contribution is 2.43. The molecule has 0 aromatic heterocycles. The smallest absolute Gasteiger partial charge is 0.270 e. The Kier molecular flexibility index (Phi) is 4.02. The first-order valence-electron chi connectivity index (χ1n) is 6.11. The number of halogens is 2. The minimum Gasteiger partial charge on any atom is -0.270 e. The normalized spacial score (nSPS) is 23.3. The summed E-state index contributed by atoms with van der Waals surface area (Å²) in [6, 6.07) is 8.33. The fraction of sp³-hybridized carbons (Fsp3) is 0.385. The fourth-order valence-corrected chi connectivity index (χ4v) is 2.89. The van der Waals surface area contributed by atoms with Crippen LogP contribution < -0.4 is 0 Å². The number of rotatable bonds is 4. The zero-order valence-corrected chi connectivity index (χ0v) is 12.0. The molecular formula is C13H14Cl2N2O2. The fourth-order valence-electron chi connectivity index (χ4n) is 2.31. The molecule has 1 aliphatic rings. The maximum absolute atomic E-state index is 12.4. The number of carbonyl (C=O) groups excluding carboxylic acids is 2. The first-order valence-corrected chi connectivity index (χ1v) is 6.79. The zero-order chi connectivity index (χ0) is 14.0. The largest absolute Gasteiger partial charge is 0.357 e. The van der Waals surface area contributed by atoms with Crippen LogP contribution in [-0.2, 0) is 10.3 Å². The zero-order valence-electron chi connectivity index (χ0n) is 10.5. The lowest BCUT2D eigenvalue weighted by Crippen LogP contribution is -2.42. The van der Waals surface area contributed by atoms with Gasteiger partial charge >= 0.3 is 6.03 Å². The molecule has 1 aromatic rings.